The topological polar surface area (TPSA) is 50.7 Å². The quantitative estimate of drug-likeness (QED) is 0.886. The normalized spacial score (nSPS) is 10.1. The van der Waals surface area contributed by atoms with Gasteiger partial charge in [0, 0.05) is 18.4 Å². The predicted octanol–water partition coefficient (Wildman–Crippen LogP) is 2.45. The van der Waals surface area contributed by atoms with Crippen molar-refractivity contribution in [2.24, 2.45) is 0 Å². The molecular formula is C11H11ClN4. The highest BCUT2D eigenvalue weighted by atomic mass is 35.5. The van der Waals surface area contributed by atoms with Gasteiger partial charge in [-0.3, -0.25) is 4.98 Å². The van der Waals surface area contributed by atoms with E-state index in [4.69, 9.17) is 11.6 Å². The standard InChI is InChI=1S/C11H11ClN4/c1-8-2-3-9(6-13-8)7-14-11-5-4-10(12)15-16-11/h2-6H,7H2,1H3,(H,14,16). The number of nitrogens with one attached hydrogen (secondary N) is 1. The van der Waals surface area contributed by atoms with Crippen LogP contribution in [0.15, 0.2) is 30.5 Å². The number of aryl methyl sites for hydroxylation is 1. The fourth-order valence-corrected chi connectivity index (χ4v) is 1.31. The molecule has 0 radical (unpaired) electrons. The van der Waals surface area contributed by atoms with Crippen LogP contribution in [0, 0.1) is 6.92 Å². The zero-order valence-electron chi connectivity index (χ0n) is 8.81. The van der Waals surface area contributed by atoms with Crippen LogP contribution in [0.5, 0.6) is 0 Å². The van der Waals surface area contributed by atoms with Gasteiger partial charge >= 0.3 is 0 Å². The molecule has 0 fully saturated rings. The smallest absolute Gasteiger partial charge is 0.151 e. The Kier molecular flexibility index (Phi) is 3.31. The summed E-state index contributed by atoms with van der Waals surface area (Å²) in [6, 6.07) is 7.49. The van der Waals surface area contributed by atoms with Gasteiger partial charge in [0.1, 0.15) is 5.82 Å². The van der Waals surface area contributed by atoms with Crippen LogP contribution in [-0.2, 0) is 6.54 Å². The minimum Gasteiger partial charge on any atom is -0.364 e. The van der Waals surface area contributed by atoms with Crippen molar-refractivity contribution < 1.29 is 0 Å². The van der Waals surface area contributed by atoms with Crippen molar-refractivity contribution in [2.45, 2.75) is 13.5 Å². The highest BCUT2D eigenvalue weighted by Crippen LogP contribution is 2.08. The molecule has 1 N–H and O–H groups in total. The first kappa shape index (κ1) is 10.8. The van der Waals surface area contributed by atoms with Crippen molar-refractivity contribution >= 4 is 17.4 Å². The van der Waals surface area contributed by atoms with Crippen LogP contribution >= 0.6 is 11.6 Å². The van der Waals surface area contributed by atoms with Gasteiger partial charge in [0.2, 0.25) is 0 Å². The number of nitrogens with zero attached hydrogens (tertiary/aromatic N) is 3. The number of rotatable bonds is 3. The van der Waals surface area contributed by atoms with Gasteiger partial charge in [0.05, 0.1) is 0 Å². The highest BCUT2D eigenvalue weighted by Gasteiger charge is 1.96. The van der Waals surface area contributed by atoms with Crippen LogP contribution in [0.25, 0.3) is 0 Å². The zero-order valence-corrected chi connectivity index (χ0v) is 9.57. The van der Waals surface area contributed by atoms with E-state index < -0.39 is 0 Å². The Morgan fingerprint density at radius 3 is 2.69 bits per heavy atom. The summed E-state index contributed by atoms with van der Waals surface area (Å²) in [4.78, 5) is 4.21. The summed E-state index contributed by atoms with van der Waals surface area (Å²) in [6.07, 6.45) is 1.84. The first-order chi connectivity index (χ1) is 7.74. The first-order valence-corrected chi connectivity index (χ1v) is 5.26. The minimum atomic E-state index is 0.391. The molecule has 0 aliphatic carbocycles. The third-order valence-electron chi connectivity index (χ3n) is 2.08. The maximum atomic E-state index is 5.63. The van der Waals surface area contributed by atoms with Gasteiger partial charge in [0.25, 0.3) is 0 Å². The average molecular weight is 235 g/mol. The maximum absolute atomic E-state index is 5.63. The lowest BCUT2D eigenvalue weighted by atomic mass is 10.2. The van der Waals surface area contributed by atoms with Gasteiger partial charge in [-0.15, -0.1) is 10.2 Å². The zero-order chi connectivity index (χ0) is 11.4. The molecule has 0 aromatic carbocycles. The van der Waals surface area contributed by atoms with Crippen molar-refractivity contribution in [3.63, 3.8) is 0 Å². The number of halogens is 1. The predicted molar refractivity (Wildman–Crippen MR) is 63.3 cm³/mol. The van der Waals surface area contributed by atoms with E-state index in [9.17, 15) is 0 Å². The lowest BCUT2D eigenvalue weighted by Crippen LogP contribution is -2.02. The van der Waals surface area contributed by atoms with Crippen molar-refractivity contribution in [1.82, 2.24) is 15.2 Å². The third-order valence-corrected chi connectivity index (χ3v) is 2.28. The van der Waals surface area contributed by atoms with E-state index in [0.717, 1.165) is 11.3 Å². The minimum absolute atomic E-state index is 0.391. The summed E-state index contributed by atoms with van der Waals surface area (Å²) >= 11 is 5.63. The SMILES string of the molecule is Cc1ccc(CNc2ccc(Cl)nn2)cn1. The number of hydrogen-bond donors (Lipinski definition) is 1. The second-order valence-corrected chi connectivity index (χ2v) is 3.79. The summed E-state index contributed by atoms with van der Waals surface area (Å²) in [5, 5.41) is 11.2. The van der Waals surface area contributed by atoms with Gasteiger partial charge in [-0.25, -0.2) is 0 Å². The van der Waals surface area contributed by atoms with E-state index in [0.29, 0.717) is 17.5 Å². The molecule has 16 heavy (non-hydrogen) atoms. The van der Waals surface area contributed by atoms with Crippen molar-refractivity contribution in [3.8, 4) is 0 Å². The fraction of sp³-hybridized carbons (Fsp3) is 0.182. The Bertz CT molecular complexity index is 407. The monoisotopic (exact) mass is 234 g/mol. The van der Waals surface area contributed by atoms with E-state index in [1.165, 1.54) is 0 Å². The third kappa shape index (κ3) is 2.90. The van der Waals surface area contributed by atoms with Gasteiger partial charge in [-0.2, -0.15) is 0 Å². The van der Waals surface area contributed by atoms with Crippen LogP contribution in [0.3, 0.4) is 0 Å². The lowest BCUT2D eigenvalue weighted by Gasteiger charge is -2.04. The molecule has 2 aromatic rings. The van der Waals surface area contributed by atoms with Gasteiger partial charge in [-0.1, -0.05) is 17.7 Å². The van der Waals surface area contributed by atoms with Crippen molar-refractivity contribution in [3.05, 3.63) is 46.9 Å². The molecule has 4 nitrogen and oxygen atoms in total. The molecule has 82 valence electrons. The molecule has 0 spiro atoms. The molecule has 0 saturated carbocycles. The summed E-state index contributed by atoms with van der Waals surface area (Å²) < 4.78 is 0. The number of pyridine rings is 1. The van der Waals surface area contributed by atoms with E-state index in [1.54, 1.807) is 12.1 Å². The van der Waals surface area contributed by atoms with E-state index in [2.05, 4.69) is 20.5 Å². The molecule has 0 bridgehead atoms. The van der Waals surface area contributed by atoms with Crippen molar-refractivity contribution in [2.75, 3.05) is 5.32 Å². The van der Waals surface area contributed by atoms with Crippen LogP contribution in [0.4, 0.5) is 5.82 Å². The molecule has 0 unspecified atom stereocenters. The van der Waals surface area contributed by atoms with Gasteiger partial charge < -0.3 is 5.32 Å². The largest absolute Gasteiger partial charge is 0.364 e. The molecule has 2 rings (SSSR count). The molecule has 0 amide bonds. The Balaban J connectivity index is 1.97. The summed E-state index contributed by atoms with van der Waals surface area (Å²) in [7, 11) is 0. The van der Waals surface area contributed by atoms with Crippen molar-refractivity contribution in [1.29, 1.82) is 0 Å². The van der Waals surface area contributed by atoms with Crippen LogP contribution in [-0.4, -0.2) is 15.2 Å². The summed E-state index contributed by atoms with van der Waals surface area (Å²) in [5.41, 5.74) is 2.11. The summed E-state index contributed by atoms with van der Waals surface area (Å²) in [5.74, 6) is 0.699. The number of hydrogen-bond acceptors (Lipinski definition) is 4. The molecular weight excluding hydrogens is 224 g/mol. The number of anilines is 1. The maximum Gasteiger partial charge on any atom is 0.151 e. The van der Waals surface area contributed by atoms with E-state index >= 15 is 0 Å². The Labute approximate surface area is 98.7 Å². The van der Waals surface area contributed by atoms with Gasteiger partial charge in [-0.05, 0) is 30.7 Å². The lowest BCUT2D eigenvalue weighted by molar-refractivity contribution is 0.994. The fourth-order valence-electron chi connectivity index (χ4n) is 1.21. The van der Waals surface area contributed by atoms with Crippen LogP contribution in [0.1, 0.15) is 11.3 Å². The number of aromatic nitrogens is 3. The Morgan fingerprint density at radius 1 is 1.19 bits per heavy atom. The second kappa shape index (κ2) is 4.90. The van der Waals surface area contributed by atoms with E-state index in [-0.39, 0.29) is 0 Å². The molecule has 0 saturated heterocycles. The van der Waals surface area contributed by atoms with E-state index in [1.807, 2.05) is 25.3 Å². The average Bonchev–Trinajstić information content (AvgIpc) is 2.30. The Morgan fingerprint density at radius 2 is 2.06 bits per heavy atom. The van der Waals surface area contributed by atoms with Crippen LogP contribution < -0.4 is 5.32 Å². The summed E-state index contributed by atoms with van der Waals surface area (Å²) in [6.45, 7) is 2.63. The molecule has 0 aliphatic rings. The highest BCUT2D eigenvalue weighted by molar-refractivity contribution is 6.29. The van der Waals surface area contributed by atoms with Crippen LogP contribution in [0.2, 0.25) is 5.15 Å². The molecule has 0 aliphatic heterocycles. The molecule has 0 atom stereocenters. The Hall–Kier alpha value is -1.68. The molecule has 2 heterocycles. The molecule has 5 heteroatoms. The van der Waals surface area contributed by atoms with Gasteiger partial charge in [0.15, 0.2) is 5.15 Å². The molecule has 2 aromatic heterocycles. The first-order valence-electron chi connectivity index (χ1n) is 4.89. The second-order valence-electron chi connectivity index (χ2n) is 3.40.